The van der Waals surface area contributed by atoms with Gasteiger partial charge in [-0.2, -0.15) is 0 Å². The minimum absolute atomic E-state index is 0.368. The minimum atomic E-state index is 0.368. The summed E-state index contributed by atoms with van der Waals surface area (Å²) in [7, 11) is 0. The van der Waals surface area contributed by atoms with Crippen molar-refractivity contribution in [1.82, 2.24) is 4.98 Å². The molecular weight excluding hydrogens is 278 g/mol. The summed E-state index contributed by atoms with van der Waals surface area (Å²) in [5.74, 6) is 1.47. The van der Waals surface area contributed by atoms with Crippen LogP contribution < -0.4 is 11.1 Å². The summed E-state index contributed by atoms with van der Waals surface area (Å²) in [6, 6.07) is 10.3. The number of aromatic nitrogens is 1. The highest BCUT2D eigenvalue weighted by atomic mass is 32.1. The third kappa shape index (κ3) is 3.50. The standard InChI is InChI=1S/C17H23N3S/c1-4-12(5-2)11(3)19-16-10-14(17(18)21)13-8-6-7-9-15(13)20-16/h6-12H,4-5H2,1-3H3,(H2,18,21)(H,19,20). The Morgan fingerprint density at radius 3 is 2.57 bits per heavy atom. The van der Waals surface area contributed by atoms with Crippen LogP contribution >= 0.6 is 12.2 Å². The highest BCUT2D eigenvalue weighted by molar-refractivity contribution is 7.80. The van der Waals surface area contributed by atoms with Crippen molar-refractivity contribution in [3.63, 3.8) is 0 Å². The monoisotopic (exact) mass is 301 g/mol. The van der Waals surface area contributed by atoms with Crippen LogP contribution in [0.5, 0.6) is 0 Å². The van der Waals surface area contributed by atoms with Gasteiger partial charge in [0.15, 0.2) is 0 Å². The van der Waals surface area contributed by atoms with E-state index in [9.17, 15) is 0 Å². The first-order chi connectivity index (χ1) is 10.1. The molecule has 0 aliphatic heterocycles. The fourth-order valence-corrected chi connectivity index (χ4v) is 2.97. The average molecular weight is 301 g/mol. The Kier molecular flexibility index (Phi) is 5.12. The van der Waals surface area contributed by atoms with Crippen LogP contribution in [0.25, 0.3) is 10.9 Å². The Morgan fingerprint density at radius 2 is 1.95 bits per heavy atom. The number of benzene rings is 1. The lowest BCUT2D eigenvalue weighted by Gasteiger charge is -2.23. The fourth-order valence-electron chi connectivity index (χ4n) is 2.80. The van der Waals surface area contributed by atoms with Crippen LogP contribution in [0.3, 0.4) is 0 Å². The molecule has 1 aromatic heterocycles. The van der Waals surface area contributed by atoms with Gasteiger partial charge in [-0.15, -0.1) is 0 Å². The van der Waals surface area contributed by atoms with Crippen LogP contribution in [-0.4, -0.2) is 16.0 Å². The lowest BCUT2D eigenvalue weighted by molar-refractivity contribution is 0.437. The third-order valence-electron chi connectivity index (χ3n) is 4.11. The summed E-state index contributed by atoms with van der Waals surface area (Å²) < 4.78 is 0. The average Bonchev–Trinajstić information content (AvgIpc) is 2.47. The van der Waals surface area contributed by atoms with Crippen molar-refractivity contribution in [2.75, 3.05) is 5.32 Å². The SMILES string of the molecule is CCC(CC)C(C)Nc1cc(C(N)=S)c2ccccc2n1. The Morgan fingerprint density at radius 1 is 1.29 bits per heavy atom. The number of hydrogen-bond acceptors (Lipinski definition) is 3. The zero-order chi connectivity index (χ0) is 15.4. The first kappa shape index (κ1) is 15.7. The molecule has 3 N–H and O–H groups in total. The molecule has 2 aromatic rings. The highest BCUT2D eigenvalue weighted by Gasteiger charge is 2.15. The normalized spacial score (nSPS) is 12.6. The van der Waals surface area contributed by atoms with E-state index < -0.39 is 0 Å². The van der Waals surface area contributed by atoms with Gasteiger partial charge in [0.1, 0.15) is 10.8 Å². The summed E-state index contributed by atoms with van der Waals surface area (Å²) in [5, 5.41) is 4.51. The van der Waals surface area contributed by atoms with Crippen LogP contribution in [0.1, 0.15) is 39.2 Å². The molecule has 3 nitrogen and oxygen atoms in total. The van der Waals surface area contributed by atoms with Crippen molar-refractivity contribution >= 4 is 33.9 Å². The van der Waals surface area contributed by atoms with Crippen molar-refractivity contribution in [2.24, 2.45) is 11.7 Å². The summed E-state index contributed by atoms with van der Waals surface area (Å²) in [5.41, 5.74) is 7.67. The molecule has 0 fully saturated rings. The van der Waals surface area contributed by atoms with Crippen LogP contribution in [0.15, 0.2) is 30.3 Å². The number of nitrogens with two attached hydrogens (primary N) is 1. The summed E-state index contributed by atoms with van der Waals surface area (Å²) in [6.07, 6.45) is 2.31. The lowest BCUT2D eigenvalue weighted by atomic mass is 9.95. The molecular formula is C17H23N3S. The van der Waals surface area contributed by atoms with E-state index in [2.05, 4.69) is 31.1 Å². The fraction of sp³-hybridized carbons (Fsp3) is 0.412. The molecule has 21 heavy (non-hydrogen) atoms. The maximum atomic E-state index is 5.87. The molecule has 1 heterocycles. The summed E-state index contributed by atoms with van der Waals surface area (Å²) >= 11 is 5.18. The van der Waals surface area contributed by atoms with Crippen molar-refractivity contribution in [2.45, 2.75) is 39.7 Å². The van der Waals surface area contributed by atoms with Crippen LogP contribution in [0.4, 0.5) is 5.82 Å². The zero-order valence-corrected chi connectivity index (χ0v) is 13.7. The van der Waals surface area contributed by atoms with Crippen molar-refractivity contribution in [3.05, 3.63) is 35.9 Å². The second-order valence-electron chi connectivity index (χ2n) is 5.45. The van der Waals surface area contributed by atoms with Crippen molar-refractivity contribution < 1.29 is 0 Å². The van der Waals surface area contributed by atoms with E-state index in [-0.39, 0.29) is 0 Å². The molecule has 2 rings (SSSR count). The lowest BCUT2D eigenvalue weighted by Crippen LogP contribution is -2.25. The van der Waals surface area contributed by atoms with Gasteiger partial charge in [0.25, 0.3) is 0 Å². The quantitative estimate of drug-likeness (QED) is 0.789. The van der Waals surface area contributed by atoms with Gasteiger partial charge in [0.2, 0.25) is 0 Å². The van der Waals surface area contributed by atoms with E-state index in [4.69, 9.17) is 18.0 Å². The molecule has 0 bridgehead atoms. The maximum Gasteiger partial charge on any atom is 0.127 e. The molecule has 0 radical (unpaired) electrons. The van der Waals surface area contributed by atoms with Crippen molar-refractivity contribution in [1.29, 1.82) is 0 Å². The number of pyridine rings is 1. The van der Waals surface area contributed by atoms with Gasteiger partial charge in [-0.3, -0.25) is 0 Å². The van der Waals surface area contributed by atoms with E-state index in [1.165, 1.54) is 0 Å². The largest absolute Gasteiger partial charge is 0.389 e. The minimum Gasteiger partial charge on any atom is -0.389 e. The molecule has 0 spiro atoms. The molecule has 0 aliphatic carbocycles. The number of nitrogens with one attached hydrogen (secondary N) is 1. The Balaban J connectivity index is 2.39. The molecule has 0 saturated heterocycles. The molecule has 1 unspecified atom stereocenters. The second-order valence-corrected chi connectivity index (χ2v) is 5.89. The number of para-hydroxylation sites is 1. The third-order valence-corrected chi connectivity index (χ3v) is 4.33. The number of rotatable bonds is 6. The summed E-state index contributed by atoms with van der Waals surface area (Å²) in [6.45, 7) is 6.65. The number of anilines is 1. The van der Waals surface area contributed by atoms with Gasteiger partial charge in [0.05, 0.1) is 5.52 Å². The topological polar surface area (TPSA) is 50.9 Å². The number of hydrogen-bond donors (Lipinski definition) is 2. The van der Waals surface area contributed by atoms with E-state index in [0.29, 0.717) is 16.9 Å². The van der Waals surface area contributed by atoms with Gasteiger partial charge in [0, 0.05) is 17.0 Å². The first-order valence-corrected chi connectivity index (χ1v) is 7.93. The molecule has 1 atom stereocenters. The predicted octanol–water partition coefficient (Wildman–Crippen LogP) is 4.11. The van der Waals surface area contributed by atoms with E-state index in [0.717, 1.165) is 35.1 Å². The van der Waals surface area contributed by atoms with Gasteiger partial charge in [-0.25, -0.2) is 4.98 Å². The van der Waals surface area contributed by atoms with Gasteiger partial charge < -0.3 is 11.1 Å². The van der Waals surface area contributed by atoms with E-state index in [1.807, 2.05) is 30.3 Å². The molecule has 0 aliphatic rings. The smallest absolute Gasteiger partial charge is 0.127 e. The number of nitrogens with zero attached hydrogens (tertiary/aromatic N) is 1. The molecule has 1 aromatic carbocycles. The highest BCUT2D eigenvalue weighted by Crippen LogP contribution is 2.23. The maximum absolute atomic E-state index is 5.87. The van der Waals surface area contributed by atoms with Gasteiger partial charge >= 0.3 is 0 Å². The van der Waals surface area contributed by atoms with E-state index in [1.54, 1.807) is 0 Å². The predicted molar refractivity (Wildman–Crippen MR) is 94.8 cm³/mol. The van der Waals surface area contributed by atoms with Crippen LogP contribution in [-0.2, 0) is 0 Å². The van der Waals surface area contributed by atoms with Crippen molar-refractivity contribution in [3.8, 4) is 0 Å². The summed E-state index contributed by atoms with van der Waals surface area (Å²) in [4.78, 5) is 5.09. The number of fused-ring (bicyclic) bond motifs is 1. The van der Waals surface area contributed by atoms with Gasteiger partial charge in [-0.1, -0.05) is 57.1 Å². The van der Waals surface area contributed by atoms with E-state index >= 15 is 0 Å². The molecule has 0 saturated carbocycles. The first-order valence-electron chi connectivity index (χ1n) is 7.52. The molecule has 4 heteroatoms. The van der Waals surface area contributed by atoms with Crippen LogP contribution in [0.2, 0.25) is 0 Å². The Hall–Kier alpha value is -1.68. The van der Waals surface area contributed by atoms with Crippen LogP contribution in [0, 0.1) is 5.92 Å². The Labute approximate surface area is 132 Å². The number of thiocarbonyl (C=S) groups is 1. The zero-order valence-electron chi connectivity index (χ0n) is 12.9. The molecule has 0 amide bonds. The van der Waals surface area contributed by atoms with Gasteiger partial charge in [-0.05, 0) is 25.0 Å². The Bertz CT molecular complexity index is 635. The molecule has 112 valence electrons. The second kappa shape index (κ2) is 6.85.